The Labute approximate surface area is 172 Å². The molecule has 2 fully saturated rings. The van der Waals surface area contributed by atoms with E-state index in [2.05, 4.69) is 6.92 Å². The fourth-order valence-electron chi connectivity index (χ4n) is 4.80. The molecule has 2 aliphatic rings. The largest absolute Gasteiger partial charge is 0.432 e. The van der Waals surface area contributed by atoms with Gasteiger partial charge in [-0.3, -0.25) is 0 Å². The molecule has 0 saturated heterocycles. The molecule has 0 heterocycles. The SMILES string of the molecule is CCCOC1CCC(C2CCC(C(F)(F)Oc3cc(F)c(P)c(F)c3)CC2)CC1. The summed E-state index contributed by atoms with van der Waals surface area (Å²) in [5.41, 5.74) is 0. The first kappa shape index (κ1) is 22.8. The van der Waals surface area contributed by atoms with Gasteiger partial charge in [0, 0.05) is 24.0 Å². The molecule has 1 unspecified atom stereocenters. The molecule has 0 bridgehead atoms. The van der Waals surface area contributed by atoms with Crippen LogP contribution in [0.4, 0.5) is 17.6 Å². The highest BCUT2D eigenvalue weighted by molar-refractivity contribution is 7.27. The quantitative estimate of drug-likeness (QED) is 0.374. The normalized spacial score (nSPS) is 28.3. The molecule has 164 valence electrons. The van der Waals surface area contributed by atoms with Gasteiger partial charge < -0.3 is 9.47 Å². The van der Waals surface area contributed by atoms with E-state index < -0.39 is 29.4 Å². The van der Waals surface area contributed by atoms with Crippen molar-refractivity contribution in [3.63, 3.8) is 0 Å². The molecule has 0 spiro atoms. The minimum absolute atomic E-state index is 0.281. The van der Waals surface area contributed by atoms with Crippen molar-refractivity contribution >= 4 is 14.5 Å². The molecule has 0 amide bonds. The van der Waals surface area contributed by atoms with Gasteiger partial charge >= 0.3 is 6.11 Å². The summed E-state index contributed by atoms with van der Waals surface area (Å²) in [6.07, 6.45) is 4.54. The van der Waals surface area contributed by atoms with E-state index in [4.69, 9.17) is 9.47 Å². The minimum Gasteiger partial charge on any atom is -0.432 e. The van der Waals surface area contributed by atoms with Crippen LogP contribution in [0.25, 0.3) is 0 Å². The van der Waals surface area contributed by atoms with Gasteiger partial charge in [-0.25, -0.2) is 8.78 Å². The van der Waals surface area contributed by atoms with E-state index in [1.165, 1.54) is 0 Å². The van der Waals surface area contributed by atoms with Gasteiger partial charge in [0.25, 0.3) is 0 Å². The summed E-state index contributed by atoms with van der Waals surface area (Å²) < 4.78 is 67.0. The number of halogens is 4. The lowest BCUT2D eigenvalue weighted by molar-refractivity contribution is -0.224. The van der Waals surface area contributed by atoms with Crippen molar-refractivity contribution < 1.29 is 27.0 Å². The van der Waals surface area contributed by atoms with E-state index in [-0.39, 0.29) is 5.30 Å². The van der Waals surface area contributed by atoms with Gasteiger partial charge in [-0.2, -0.15) is 8.78 Å². The van der Waals surface area contributed by atoms with E-state index >= 15 is 0 Å². The van der Waals surface area contributed by atoms with Gasteiger partial charge in [-0.05, 0) is 69.6 Å². The smallest absolute Gasteiger partial charge is 0.400 e. The van der Waals surface area contributed by atoms with E-state index in [9.17, 15) is 17.6 Å². The Morgan fingerprint density at radius 1 is 0.931 bits per heavy atom. The monoisotopic (exact) mass is 434 g/mol. The molecule has 0 radical (unpaired) electrons. The first-order valence-corrected chi connectivity index (χ1v) is 11.3. The third-order valence-electron chi connectivity index (χ3n) is 6.50. The fraction of sp³-hybridized carbons (Fsp3) is 0.727. The molecule has 2 aliphatic carbocycles. The summed E-state index contributed by atoms with van der Waals surface area (Å²) in [7, 11) is 1.91. The second-order valence-corrected chi connectivity index (χ2v) is 9.06. The lowest BCUT2D eigenvalue weighted by atomic mass is 9.70. The molecule has 0 N–H and O–H groups in total. The van der Waals surface area contributed by atoms with E-state index in [1.807, 2.05) is 9.24 Å². The first-order valence-electron chi connectivity index (χ1n) is 10.7. The second kappa shape index (κ2) is 9.96. The van der Waals surface area contributed by atoms with E-state index in [0.29, 0.717) is 30.8 Å². The molecule has 1 aromatic carbocycles. The molecule has 7 heteroatoms. The van der Waals surface area contributed by atoms with Crippen molar-refractivity contribution in [1.82, 2.24) is 0 Å². The molecule has 0 aromatic heterocycles. The van der Waals surface area contributed by atoms with Gasteiger partial charge in [0.1, 0.15) is 17.4 Å². The Hall–Kier alpha value is -0.870. The maximum Gasteiger partial charge on any atom is 0.400 e. The van der Waals surface area contributed by atoms with Gasteiger partial charge in [-0.15, -0.1) is 0 Å². The number of hydrogen-bond acceptors (Lipinski definition) is 2. The lowest BCUT2D eigenvalue weighted by Gasteiger charge is -2.39. The Bertz CT molecular complexity index is 646. The Kier molecular flexibility index (Phi) is 7.83. The molecule has 0 aliphatic heterocycles. The second-order valence-electron chi connectivity index (χ2n) is 8.48. The summed E-state index contributed by atoms with van der Waals surface area (Å²) in [5, 5.41) is -0.281. The predicted molar refractivity (Wildman–Crippen MR) is 109 cm³/mol. The average molecular weight is 434 g/mol. The van der Waals surface area contributed by atoms with E-state index in [1.54, 1.807) is 0 Å². The summed E-state index contributed by atoms with van der Waals surface area (Å²) in [5.74, 6) is -2.16. The standard InChI is InChI=1S/C22H31F4O2P/c1-2-11-27-17-9-5-15(6-10-17)14-3-7-16(8-4-14)22(25,26)28-18-12-19(23)21(29)20(24)13-18/h12-17H,2-11,29H2,1H3. The highest BCUT2D eigenvalue weighted by Gasteiger charge is 2.45. The molecule has 3 rings (SSSR count). The topological polar surface area (TPSA) is 18.5 Å². The number of ether oxygens (including phenoxy) is 2. The van der Waals surface area contributed by atoms with Gasteiger partial charge in [0.15, 0.2) is 0 Å². The summed E-state index contributed by atoms with van der Waals surface area (Å²) in [4.78, 5) is 0. The number of rotatable bonds is 7. The van der Waals surface area contributed by atoms with Crippen molar-refractivity contribution in [2.75, 3.05) is 6.61 Å². The van der Waals surface area contributed by atoms with Crippen molar-refractivity contribution in [2.45, 2.75) is 76.9 Å². The lowest BCUT2D eigenvalue weighted by Crippen LogP contribution is -2.38. The Morgan fingerprint density at radius 2 is 1.45 bits per heavy atom. The fourth-order valence-corrected chi connectivity index (χ4v) is 4.96. The number of benzene rings is 1. The van der Waals surface area contributed by atoms with Crippen LogP contribution < -0.4 is 10.0 Å². The van der Waals surface area contributed by atoms with Crippen molar-refractivity contribution in [2.24, 2.45) is 17.8 Å². The molecule has 29 heavy (non-hydrogen) atoms. The van der Waals surface area contributed by atoms with Crippen LogP contribution in [-0.4, -0.2) is 18.8 Å². The van der Waals surface area contributed by atoms with Crippen LogP contribution in [0.3, 0.4) is 0 Å². The third kappa shape index (κ3) is 5.85. The highest BCUT2D eigenvalue weighted by Crippen LogP contribution is 2.45. The summed E-state index contributed by atoms with van der Waals surface area (Å²) in [6, 6.07) is 1.62. The molecular weight excluding hydrogens is 403 g/mol. The summed E-state index contributed by atoms with van der Waals surface area (Å²) >= 11 is 0. The summed E-state index contributed by atoms with van der Waals surface area (Å²) in [6.45, 7) is 2.91. The zero-order valence-electron chi connectivity index (χ0n) is 16.9. The maximum absolute atomic E-state index is 14.6. The number of hydrogen-bond donors (Lipinski definition) is 0. The van der Waals surface area contributed by atoms with Crippen LogP contribution in [0.1, 0.15) is 64.7 Å². The maximum atomic E-state index is 14.6. The Balaban J connectivity index is 1.49. The van der Waals surface area contributed by atoms with Crippen molar-refractivity contribution in [3.05, 3.63) is 23.8 Å². The van der Waals surface area contributed by atoms with Crippen LogP contribution in [0.15, 0.2) is 12.1 Å². The third-order valence-corrected chi connectivity index (χ3v) is 7.05. The molecular formula is C22H31F4O2P. The van der Waals surface area contributed by atoms with Crippen LogP contribution in [0.2, 0.25) is 0 Å². The van der Waals surface area contributed by atoms with Crippen molar-refractivity contribution in [3.8, 4) is 5.75 Å². The van der Waals surface area contributed by atoms with Crippen LogP contribution in [0.5, 0.6) is 5.75 Å². The van der Waals surface area contributed by atoms with Gasteiger partial charge in [0.2, 0.25) is 0 Å². The zero-order valence-corrected chi connectivity index (χ0v) is 18.1. The molecule has 1 atom stereocenters. The Morgan fingerprint density at radius 3 is 1.97 bits per heavy atom. The molecule has 2 saturated carbocycles. The van der Waals surface area contributed by atoms with Crippen LogP contribution >= 0.6 is 9.24 Å². The average Bonchev–Trinajstić information content (AvgIpc) is 2.70. The van der Waals surface area contributed by atoms with Crippen LogP contribution in [-0.2, 0) is 4.74 Å². The molecule has 2 nitrogen and oxygen atoms in total. The highest BCUT2D eigenvalue weighted by atomic mass is 31.0. The van der Waals surface area contributed by atoms with Gasteiger partial charge in [0.05, 0.1) is 12.0 Å². The van der Waals surface area contributed by atoms with Crippen LogP contribution in [0, 0.1) is 29.4 Å². The number of alkyl halides is 2. The zero-order chi connectivity index (χ0) is 21.0. The predicted octanol–water partition coefficient (Wildman–Crippen LogP) is 6.23. The van der Waals surface area contributed by atoms with Crippen molar-refractivity contribution in [1.29, 1.82) is 0 Å². The van der Waals surface area contributed by atoms with E-state index in [0.717, 1.165) is 63.7 Å². The van der Waals surface area contributed by atoms with Gasteiger partial charge in [-0.1, -0.05) is 16.2 Å². The minimum atomic E-state index is -3.43. The first-order chi connectivity index (χ1) is 13.8. The molecule has 1 aromatic rings.